The van der Waals surface area contributed by atoms with Crippen molar-refractivity contribution in [1.29, 1.82) is 0 Å². The van der Waals surface area contributed by atoms with Gasteiger partial charge in [0.1, 0.15) is 0 Å². The van der Waals surface area contributed by atoms with Gasteiger partial charge in [0.15, 0.2) is 0 Å². The van der Waals surface area contributed by atoms with E-state index in [9.17, 15) is 8.42 Å². The molecule has 4 aromatic rings. The van der Waals surface area contributed by atoms with Crippen molar-refractivity contribution < 1.29 is 8.42 Å². The van der Waals surface area contributed by atoms with Crippen LogP contribution >= 0.6 is 11.6 Å². The number of nitrogens with zero attached hydrogens (tertiary/aromatic N) is 2. The number of halogens is 1. The average molecular weight is 518 g/mol. The maximum absolute atomic E-state index is 12.9. The standard InChI is InChI=1S/C29H28ClN3O2S/c1-23-12-18-28(19-13-23)36(34,35)32-21-20-29(25-8-4-2-5-9-25)33(27-10-6-3-7-11-27)31-22-24-14-16-26(30)17-15-24/h2-19,22,29,32H,20-21H2,1H3/b31-22+. The van der Waals surface area contributed by atoms with Crippen LogP contribution < -0.4 is 9.73 Å². The van der Waals surface area contributed by atoms with Gasteiger partial charge in [0, 0.05) is 11.6 Å². The summed E-state index contributed by atoms with van der Waals surface area (Å²) in [6, 6.07) is 33.9. The highest BCUT2D eigenvalue weighted by molar-refractivity contribution is 7.89. The molecule has 0 fully saturated rings. The smallest absolute Gasteiger partial charge is 0.240 e. The lowest BCUT2D eigenvalue weighted by atomic mass is 10.0. The molecule has 0 aliphatic rings. The molecule has 4 rings (SSSR count). The molecule has 0 saturated carbocycles. The first-order chi connectivity index (χ1) is 17.4. The van der Waals surface area contributed by atoms with Crippen LogP contribution in [0.2, 0.25) is 5.02 Å². The van der Waals surface area contributed by atoms with Gasteiger partial charge in [-0.3, -0.25) is 5.01 Å². The first-order valence-corrected chi connectivity index (χ1v) is 13.5. The van der Waals surface area contributed by atoms with Gasteiger partial charge in [0.25, 0.3) is 0 Å². The minimum atomic E-state index is -3.62. The third kappa shape index (κ3) is 6.82. The van der Waals surface area contributed by atoms with Crippen LogP contribution in [0.25, 0.3) is 0 Å². The summed E-state index contributed by atoms with van der Waals surface area (Å²) in [6.07, 6.45) is 2.29. The number of anilines is 1. The summed E-state index contributed by atoms with van der Waals surface area (Å²) < 4.78 is 28.5. The van der Waals surface area contributed by atoms with E-state index in [1.165, 1.54) is 0 Å². The van der Waals surface area contributed by atoms with Crippen molar-refractivity contribution in [3.05, 3.63) is 131 Å². The number of aryl methyl sites for hydroxylation is 1. The van der Waals surface area contributed by atoms with E-state index < -0.39 is 10.0 Å². The van der Waals surface area contributed by atoms with Crippen LogP contribution in [0.1, 0.15) is 29.2 Å². The summed E-state index contributed by atoms with van der Waals surface area (Å²) in [6.45, 7) is 2.17. The van der Waals surface area contributed by atoms with Gasteiger partial charge in [-0.1, -0.05) is 90.0 Å². The van der Waals surface area contributed by atoms with Crippen molar-refractivity contribution in [2.24, 2.45) is 5.10 Å². The first-order valence-electron chi connectivity index (χ1n) is 11.7. The third-order valence-electron chi connectivity index (χ3n) is 5.74. The summed E-state index contributed by atoms with van der Waals surface area (Å²) in [5, 5.41) is 7.44. The summed E-state index contributed by atoms with van der Waals surface area (Å²) in [7, 11) is -3.62. The Hall–Kier alpha value is -3.45. The zero-order valence-corrected chi connectivity index (χ0v) is 21.5. The van der Waals surface area contributed by atoms with Crippen LogP contribution in [0.4, 0.5) is 5.69 Å². The Labute approximate surface area is 218 Å². The van der Waals surface area contributed by atoms with E-state index in [4.69, 9.17) is 16.7 Å². The molecule has 184 valence electrons. The molecule has 36 heavy (non-hydrogen) atoms. The predicted molar refractivity (Wildman–Crippen MR) is 148 cm³/mol. The Balaban J connectivity index is 1.62. The van der Waals surface area contributed by atoms with Gasteiger partial charge in [0.05, 0.1) is 22.8 Å². The number of rotatable bonds is 10. The van der Waals surface area contributed by atoms with E-state index in [1.54, 1.807) is 30.5 Å². The molecule has 0 spiro atoms. The minimum absolute atomic E-state index is 0.210. The fourth-order valence-corrected chi connectivity index (χ4v) is 5.00. The molecule has 0 radical (unpaired) electrons. The largest absolute Gasteiger partial charge is 0.258 e. The maximum Gasteiger partial charge on any atom is 0.240 e. The number of nitrogens with one attached hydrogen (secondary N) is 1. The van der Waals surface area contributed by atoms with Gasteiger partial charge in [-0.05, 0) is 60.9 Å². The second-order valence-corrected chi connectivity index (χ2v) is 10.6. The molecule has 0 bridgehead atoms. The number of hydrogen-bond donors (Lipinski definition) is 1. The van der Waals surface area contributed by atoms with Crippen molar-refractivity contribution in [3.63, 3.8) is 0 Å². The number of hydrogen-bond acceptors (Lipinski definition) is 4. The summed E-state index contributed by atoms with van der Waals surface area (Å²) in [4.78, 5) is 0.255. The van der Waals surface area contributed by atoms with E-state index in [0.717, 1.165) is 22.4 Å². The van der Waals surface area contributed by atoms with Crippen molar-refractivity contribution in [3.8, 4) is 0 Å². The molecule has 0 aromatic heterocycles. The molecule has 0 aliphatic carbocycles. The highest BCUT2D eigenvalue weighted by Crippen LogP contribution is 2.30. The fraction of sp³-hybridized carbons (Fsp3) is 0.138. The Bertz CT molecular complexity index is 1380. The summed E-state index contributed by atoms with van der Waals surface area (Å²) in [5.41, 5.74) is 3.85. The number of hydrazone groups is 1. The topological polar surface area (TPSA) is 61.8 Å². The van der Waals surface area contributed by atoms with Gasteiger partial charge < -0.3 is 0 Å². The van der Waals surface area contributed by atoms with Gasteiger partial charge in [0.2, 0.25) is 10.0 Å². The molecule has 1 atom stereocenters. The Kier molecular flexibility index (Phi) is 8.54. The van der Waals surface area contributed by atoms with Crippen molar-refractivity contribution in [2.45, 2.75) is 24.3 Å². The Morgan fingerprint density at radius 3 is 2.11 bits per heavy atom. The van der Waals surface area contributed by atoms with Gasteiger partial charge >= 0.3 is 0 Å². The molecular weight excluding hydrogens is 490 g/mol. The second kappa shape index (κ2) is 12.0. The van der Waals surface area contributed by atoms with Crippen molar-refractivity contribution >= 4 is 33.5 Å². The van der Waals surface area contributed by atoms with Crippen LogP contribution in [0.3, 0.4) is 0 Å². The molecule has 0 heterocycles. The lowest BCUT2D eigenvalue weighted by molar-refractivity contribution is 0.555. The summed E-state index contributed by atoms with van der Waals surface area (Å²) >= 11 is 6.04. The van der Waals surface area contributed by atoms with E-state index in [2.05, 4.69) is 4.72 Å². The molecule has 0 saturated heterocycles. The van der Waals surface area contributed by atoms with E-state index in [0.29, 0.717) is 11.4 Å². The first kappa shape index (κ1) is 25.6. The van der Waals surface area contributed by atoms with Crippen molar-refractivity contribution in [2.75, 3.05) is 11.6 Å². The highest BCUT2D eigenvalue weighted by Gasteiger charge is 2.22. The van der Waals surface area contributed by atoms with Gasteiger partial charge in [-0.25, -0.2) is 13.1 Å². The molecule has 1 N–H and O–H groups in total. The SMILES string of the molecule is Cc1ccc(S(=O)(=O)NCCC(c2ccccc2)N(/N=C/c2ccc(Cl)cc2)c2ccccc2)cc1. The molecule has 4 aromatic carbocycles. The van der Waals surface area contributed by atoms with Gasteiger partial charge in [-0.15, -0.1) is 0 Å². The highest BCUT2D eigenvalue weighted by atomic mass is 35.5. The minimum Gasteiger partial charge on any atom is -0.258 e. The predicted octanol–water partition coefficient (Wildman–Crippen LogP) is 6.60. The normalized spacial score (nSPS) is 12.5. The monoisotopic (exact) mass is 517 g/mol. The lowest BCUT2D eigenvalue weighted by Crippen LogP contribution is -2.30. The van der Waals surface area contributed by atoms with Crippen LogP contribution in [-0.4, -0.2) is 21.2 Å². The van der Waals surface area contributed by atoms with Crippen molar-refractivity contribution in [1.82, 2.24) is 4.72 Å². The molecule has 1 unspecified atom stereocenters. The summed E-state index contributed by atoms with van der Waals surface area (Å²) in [5.74, 6) is 0. The van der Waals surface area contributed by atoms with E-state index >= 15 is 0 Å². The Morgan fingerprint density at radius 1 is 0.861 bits per heavy atom. The van der Waals surface area contributed by atoms with Crippen LogP contribution in [0, 0.1) is 6.92 Å². The van der Waals surface area contributed by atoms with Crippen LogP contribution in [-0.2, 0) is 10.0 Å². The third-order valence-corrected chi connectivity index (χ3v) is 7.47. The number of sulfonamides is 1. The maximum atomic E-state index is 12.9. The van der Waals surface area contributed by atoms with E-state index in [-0.39, 0.29) is 17.5 Å². The molecule has 0 aliphatic heterocycles. The average Bonchev–Trinajstić information content (AvgIpc) is 2.90. The fourth-order valence-electron chi connectivity index (χ4n) is 3.82. The second-order valence-electron chi connectivity index (χ2n) is 8.40. The molecule has 5 nitrogen and oxygen atoms in total. The quantitative estimate of drug-likeness (QED) is 0.190. The zero-order valence-electron chi connectivity index (χ0n) is 20.0. The zero-order chi connectivity index (χ0) is 25.4. The van der Waals surface area contributed by atoms with E-state index in [1.807, 2.05) is 96.9 Å². The number of benzene rings is 4. The van der Waals surface area contributed by atoms with Gasteiger partial charge in [-0.2, -0.15) is 5.10 Å². The van der Waals surface area contributed by atoms with Crippen LogP contribution in [0.15, 0.2) is 119 Å². The van der Waals surface area contributed by atoms with Crippen LogP contribution in [0.5, 0.6) is 0 Å². The molecular formula is C29H28ClN3O2S. The number of para-hydroxylation sites is 1. The Morgan fingerprint density at radius 2 is 1.47 bits per heavy atom. The molecule has 7 heteroatoms. The lowest BCUT2D eigenvalue weighted by Gasteiger charge is -2.30. The molecule has 0 amide bonds.